The Morgan fingerprint density at radius 1 is 1.40 bits per heavy atom. The predicted molar refractivity (Wildman–Crippen MR) is 82.1 cm³/mol. The second-order valence-electron chi connectivity index (χ2n) is 6.00. The summed E-state index contributed by atoms with van der Waals surface area (Å²) in [5.41, 5.74) is 5.81. The van der Waals surface area contributed by atoms with Gasteiger partial charge in [-0.25, -0.2) is 0 Å². The third kappa shape index (κ3) is 3.71. The van der Waals surface area contributed by atoms with E-state index in [2.05, 4.69) is 4.90 Å². The SMILES string of the molecule is Cc1sc(C(=O)N2CCN(CC(C)(C)O)CC2)cc1N. The highest BCUT2D eigenvalue weighted by atomic mass is 32.1. The van der Waals surface area contributed by atoms with Crippen LogP contribution in [-0.4, -0.2) is 59.1 Å². The summed E-state index contributed by atoms with van der Waals surface area (Å²) in [6.45, 7) is 9.18. The Hall–Kier alpha value is -1.11. The minimum Gasteiger partial charge on any atom is -0.398 e. The van der Waals surface area contributed by atoms with E-state index in [0.717, 1.165) is 22.8 Å². The van der Waals surface area contributed by atoms with Gasteiger partial charge in [-0.05, 0) is 26.8 Å². The van der Waals surface area contributed by atoms with Crippen LogP contribution in [0.25, 0.3) is 0 Å². The van der Waals surface area contributed by atoms with Crippen LogP contribution in [0.1, 0.15) is 28.4 Å². The normalized spacial score (nSPS) is 17.5. The lowest BCUT2D eigenvalue weighted by molar-refractivity contribution is 0.0179. The molecular weight excluding hydrogens is 274 g/mol. The lowest BCUT2D eigenvalue weighted by Crippen LogP contribution is -2.51. The highest BCUT2D eigenvalue weighted by Gasteiger charge is 2.26. The minimum absolute atomic E-state index is 0.0673. The Labute approximate surface area is 124 Å². The van der Waals surface area contributed by atoms with Crippen LogP contribution in [0.15, 0.2) is 6.07 Å². The minimum atomic E-state index is -0.689. The number of piperazine rings is 1. The van der Waals surface area contributed by atoms with Gasteiger partial charge in [0.1, 0.15) is 0 Å². The van der Waals surface area contributed by atoms with Crippen LogP contribution in [0.3, 0.4) is 0 Å². The third-order valence-corrected chi connectivity index (χ3v) is 4.49. The number of aliphatic hydroxyl groups is 1. The number of rotatable bonds is 3. The van der Waals surface area contributed by atoms with Crippen molar-refractivity contribution >= 4 is 22.9 Å². The molecule has 112 valence electrons. The number of nitrogens with two attached hydrogens (primary N) is 1. The summed E-state index contributed by atoms with van der Waals surface area (Å²) in [7, 11) is 0. The smallest absolute Gasteiger partial charge is 0.264 e. The molecule has 6 heteroatoms. The zero-order chi connectivity index (χ0) is 14.9. The van der Waals surface area contributed by atoms with Crippen LogP contribution < -0.4 is 5.73 Å². The Balaban J connectivity index is 1.92. The highest BCUT2D eigenvalue weighted by molar-refractivity contribution is 7.14. The van der Waals surface area contributed by atoms with E-state index in [-0.39, 0.29) is 5.91 Å². The summed E-state index contributed by atoms with van der Waals surface area (Å²) in [6, 6.07) is 1.77. The molecule has 1 aromatic rings. The molecule has 2 rings (SSSR count). The van der Waals surface area contributed by atoms with Crippen molar-refractivity contribution in [2.24, 2.45) is 0 Å². The second kappa shape index (κ2) is 5.71. The van der Waals surface area contributed by atoms with Gasteiger partial charge in [-0.15, -0.1) is 11.3 Å². The molecule has 3 N–H and O–H groups in total. The largest absolute Gasteiger partial charge is 0.398 e. The van der Waals surface area contributed by atoms with Gasteiger partial charge in [0.15, 0.2) is 0 Å². The quantitative estimate of drug-likeness (QED) is 0.878. The fraction of sp³-hybridized carbons (Fsp3) is 0.643. The first-order valence-corrected chi connectivity index (χ1v) is 7.68. The zero-order valence-electron chi connectivity index (χ0n) is 12.3. The highest BCUT2D eigenvalue weighted by Crippen LogP contribution is 2.25. The van der Waals surface area contributed by atoms with Crippen LogP contribution >= 0.6 is 11.3 Å². The Morgan fingerprint density at radius 2 is 2.00 bits per heavy atom. The second-order valence-corrected chi connectivity index (χ2v) is 7.26. The summed E-state index contributed by atoms with van der Waals surface area (Å²) in [5.74, 6) is 0.0673. The molecule has 0 aliphatic carbocycles. The van der Waals surface area contributed by atoms with Crippen molar-refractivity contribution in [2.75, 3.05) is 38.5 Å². The topological polar surface area (TPSA) is 69.8 Å². The lowest BCUT2D eigenvalue weighted by Gasteiger charge is -2.37. The van der Waals surface area contributed by atoms with Gasteiger partial charge in [0.05, 0.1) is 10.5 Å². The average Bonchev–Trinajstić information content (AvgIpc) is 2.68. The standard InChI is InChI=1S/C14H23N3O2S/c1-10-11(15)8-12(20-10)13(18)17-6-4-16(5-7-17)9-14(2,3)19/h8,19H,4-7,9,15H2,1-3H3. The summed E-state index contributed by atoms with van der Waals surface area (Å²) < 4.78 is 0. The lowest BCUT2D eigenvalue weighted by atomic mass is 10.1. The number of carbonyl (C=O) groups excluding carboxylic acids is 1. The van der Waals surface area contributed by atoms with Gasteiger partial charge < -0.3 is 15.7 Å². The van der Waals surface area contributed by atoms with E-state index in [0.29, 0.717) is 25.3 Å². The van der Waals surface area contributed by atoms with Gasteiger partial charge in [0.25, 0.3) is 5.91 Å². The number of carbonyl (C=O) groups is 1. The number of hydrogen-bond acceptors (Lipinski definition) is 5. The number of nitrogen functional groups attached to an aromatic ring is 1. The number of β-amino-alcohol motifs (C(OH)–C–C–N with tert-alkyl or cyclic N) is 1. The first kappa shape index (κ1) is 15.3. The Bertz CT molecular complexity index is 466. The van der Waals surface area contributed by atoms with Crippen molar-refractivity contribution in [1.82, 2.24) is 9.80 Å². The maximum atomic E-state index is 12.4. The molecule has 0 radical (unpaired) electrons. The van der Waals surface area contributed by atoms with Crippen LogP contribution in [0.4, 0.5) is 5.69 Å². The number of hydrogen-bond donors (Lipinski definition) is 2. The molecule has 1 fully saturated rings. The molecule has 0 aromatic carbocycles. The summed E-state index contributed by atoms with van der Waals surface area (Å²) in [6.07, 6.45) is 0. The third-order valence-electron chi connectivity index (χ3n) is 3.44. The van der Waals surface area contributed by atoms with Crippen molar-refractivity contribution in [3.8, 4) is 0 Å². The maximum absolute atomic E-state index is 12.4. The van der Waals surface area contributed by atoms with Gasteiger partial charge in [-0.2, -0.15) is 0 Å². The number of thiophene rings is 1. The number of aryl methyl sites for hydroxylation is 1. The van der Waals surface area contributed by atoms with Gasteiger partial charge >= 0.3 is 0 Å². The molecule has 20 heavy (non-hydrogen) atoms. The molecule has 1 amide bonds. The molecule has 0 atom stereocenters. The fourth-order valence-electron chi connectivity index (χ4n) is 2.41. The van der Waals surface area contributed by atoms with Gasteiger partial charge in [0.2, 0.25) is 0 Å². The molecule has 0 spiro atoms. The molecule has 0 bridgehead atoms. The Morgan fingerprint density at radius 3 is 2.45 bits per heavy atom. The van der Waals surface area contributed by atoms with Crippen LogP contribution in [-0.2, 0) is 0 Å². The fourth-order valence-corrected chi connectivity index (χ4v) is 3.32. The summed E-state index contributed by atoms with van der Waals surface area (Å²) in [5, 5.41) is 9.82. The molecule has 5 nitrogen and oxygen atoms in total. The summed E-state index contributed by atoms with van der Waals surface area (Å²) in [4.78, 5) is 18.1. The zero-order valence-corrected chi connectivity index (χ0v) is 13.2. The molecule has 0 saturated carbocycles. The molecule has 1 saturated heterocycles. The predicted octanol–water partition coefficient (Wildman–Crippen LogP) is 1.17. The number of anilines is 1. The van der Waals surface area contributed by atoms with E-state index in [1.54, 1.807) is 6.07 Å². The monoisotopic (exact) mass is 297 g/mol. The van der Waals surface area contributed by atoms with Crippen LogP contribution in [0.5, 0.6) is 0 Å². The van der Waals surface area contributed by atoms with Crippen molar-refractivity contribution in [2.45, 2.75) is 26.4 Å². The first-order valence-electron chi connectivity index (χ1n) is 6.86. The maximum Gasteiger partial charge on any atom is 0.264 e. The van der Waals surface area contributed by atoms with Crippen molar-refractivity contribution < 1.29 is 9.90 Å². The molecule has 1 aliphatic heterocycles. The van der Waals surface area contributed by atoms with E-state index in [4.69, 9.17) is 5.73 Å². The average molecular weight is 297 g/mol. The van der Waals surface area contributed by atoms with Crippen molar-refractivity contribution in [1.29, 1.82) is 0 Å². The van der Waals surface area contributed by atoms with E-state index >= 15 is 0 Å². The number of amides is 1. The van der Waals surface area contributed by atoms with Crippen LogP contribution in [0.2, 0.25) is 0 Å². The van der Waals surface area contributed by atoms with Gasteiger partial charge in [0, 0.05) is 43.3 Å². The van der Waals surface area contributed by atoms with Gasteiger partial charge in [-0.3, -0.25) is 9.69 Å². The summed E-state index contributed by atoms with van der Waals surface area (Å²) >= 11 is 1.46. The molecule has 0 unspecified atom stereocenters. The van der Waals surface area contributed by atoms with E-state index in [1.807, 2.05) is 25.7 Å². The van der Waals surface area contributed by atoms with E-state index in [1.165, 1.54) is 11.3 Å². The van der Waals surface area contributed by atoms with E-state index in [9.17, 15) is 9.90 Å². The van der Waals surface area contributed by atoms with Gasteiger partial charge in [-0.1, -0.05) is 0 Å². The molecule has 2 heterocycles. The molecular formula is C14H23N3O2S. The van der Waals surface area contributed by atoms with Crippen molar-refractivity contribution in [3.63, 3.8) is 0 Å². The van der Waals surface area contributed by atoms with Crippen LogP contribution in [0, 0.1) is 6.92 Å². The molecule has 1 aliphatic rings. The molecule has 1 aromatic heterocycles. The Kier molecular flexibility index (Phi) is 4.36. The number of nitrogens with zero attached hydrogens (tertiary/aromatic N) is 2. The van der Waals surface area contributed by atoms with E-state index < -0.39 is 5.60 Å². The van der Waals surface area contributed by atoms with Crippen molar-refractivity contribution in [3.05, 3.63) is 15.8 Å². The first-order chi connectivity index (χ1) is 9.26.